The summed E-state index contributed by atoms with van der Waals surface area (Å²) in [5, 5.41) is 0. The molecular formula is C16H22N2OS. The second-order valence-corrected chi connectivity index (χ2v) is 6.66. The number of hydrogen-bond donors (Lipinski definition) is 1. The third kappa shape index (κ3) is 2.49. The highest BCUT2D eigenvalue weighted by atomic mass is 32.1. The zero-order valence-electron chi connectivity index (χ0n) is 12.2. The molecule has 0 atom stereocenters. The minimum atomic E-state index is 0.370. The lowest BCUT2D eigenvalue weighted by atomic mass is 9.75. The Morgan fingerprint density at radius 2 is 2.05 bits per heavy atom. The van der Waals surface area contributed by atoms with E-state index in [1.165, 1.54) is 32.1 Å². The number of H-pyrrole nitrogens is 1. The number of rotatable bonds is 3. The molecule has 3 nitrogen and oxygen atoms in total. The van der Waals surface area contributed by atoms with Crippen LogP contribution in [0, 0.1) is 10.2 Å². The average Bonchev–Trinajstić information content (AvgIpc) is 2.75. The Morgan fingerprint density at radius 3 is 2.75 bits per heavy atom. The van der Waals surface area contributed by atoms with E-state index in [2.05, 4.69) is 22.5 Å². The van der Waals surface area contributed by atoms with E-state index in [-0.39, 0.29) is 0 Å². The summed E-state index contributed by atoms with van der Waals surface area (Å²) in [6.45, 7) is 3.39. The Morgan fingerprint density at radius 1 is 1.30 bits per heavy atom. The molecule has 4 heteroatoms. The van der Waals surface area contributed by atoms with Crippen molar-refractivity contribution in [2.75, 3.05) is 7.11 Å². The quantitative estimate of drug-likeness (QED) is 0.832. The van der Waals surface area contributed by atoms with Crippen molar-refractivity contribution in [3.63, 3.8) is 0 Å². The largest absolute Gasteiger partial charge is 0.497 e. The monoisotopic (exact) mass is 290 g/mol. The minimum absolute atomic E-state index is 0.370. The zero-order chi connectivity index (χ0) is 14.2. The summed E-state index contributed by atoms with van der Waals surface area (Å²) in [5.74, 6) is 0.883. The molecule has 3 rings (SSSR count). The molecule has 1 fully saturated rings. The van der Waals surface area contributed by atoms with Gasteiger partial charge in [-0.25, -0.2) is 0 Å². The highest BCUT2D eigenvalue weighted by molar-refractivity contribution is 7.71. The Kier molecular flexibility index (Phi) is 3.59. The van der Waals surface area contributed by atoms with Crippen LogP contribution in [0.1, 0.15) is 39.0 Å². The topological polar surface area (TPSA) is 29.9 Å². The minimum Gasteiger partial charge on any atom is -0.497 e. The average molecular weight is 290 g/mol. The number of nitrogens with one attached hydrogen (secondary N) is 1. The standard InChI is InChI=1S/C16H22N2OS/c1-16(8-4-3-5-9-16)11-18-14-10-12(19-2)6-7-13(14)17-15(18)20/h6-7,10H,3-5,8-9,11H2,1-2H3,(H,17,20). The van der Waals surface area contributed by atoms with Gasteiger partial charge in [-0.1, -0.05) is 26.2 Å². The van der Waals surface area contributed by atoms with Crippen molar-refractivity contribution in [3.05, 3.63) is 23.0 Å². The van der Waals surface area contributed by atoms with Gasteiger partial charge in [0.2, 0.25) is 0 Å². The van der Waals surface area contributed by atoms with Crippen molar-refractivity contribution < 1.29 is 4.74 Å². The summed E-state index contributed by atoms with van der Waals surface area (Å²) in [7, 11) is 1.70. The number of methoxy groups -OCH3 is 1. The van der Waals surface area contributed by atoms with Crippen LogP contribution in [0.2, 0.25) is 0 Å². The van der Waals surface area contributed by atoms with Crippen LogP contribution in [0.3, 0.4) is 0 Å². The Balaban J connectivity index is 2.01. The molecule has 1 saturated carbocycles. The van der Waals surface area contributed by atoms with Crippen LogP contribution in [0.25, 0.3) is 11.0 Å². The maximum atomic E-state index is 5.52. The van der Waals surface area contributed by atoms with E-state index in [0.29, 0.717) is 5.41 Å². The molecule has 1 aliphatic rings. The summed E-state index contributed by atoms with van der Waals surface area (Å²) in [5.41, 5.74) is 2.62. The molecule has 2 aromatic rings. The molecule has 1 N–H and O–H groups in total. The van der Waals surface area contributed by atoms with Crippen molar-refractivity contribution in [1.29, 1.82) is 0 Å². The summed E-state index contributed by atoms with van der Waals surface area (Å²) >= 11 is 5.52. The highest BCUT2D eigenvalue weighted by Gasteiger charge is 2.28. The predicted octanol–water partition coefficient (Wildman–Crippen LogP) is 4.68. The summed E-state index contributed by atoms with van der Waals surface area (Å²) < 4.78 is 8.41. The molecule has 0 amide bonds. The van der Waals surface area contributed by atoms with Gasteiger partial charge in [0.25, 0.3) is 0 Å². The third-order valence-electron chi connectivity index (χ3n) is 4.58. The second-order valence-electron chi connectivity index (χ2n) is 6.27. The van der Waals surface area contributed by atoms with E-state index in [9.17, 15) is 0 Å². The highest BCUT2D eigenvalue weighted by Crippen LogP contribution is 2.38. The Hall–Kier alpha value is -1.29. The van der Waals surface area contributed by atoms with Crippen LogP contribution in [0.15, 0.2) is 18.2 Å². The number of aromatic nitrogens is 2. The van der Waals surface area contributed by atoms with Gasteiger partial charge >= 0.3 is 0 Å². The van der Waals surface area contributed by atoms with Gasteiger partial charge in [-0.15, -0.1) is 0 Å². The smallest absolute Gasteiger partial charge is 0.178 e. The molecule has 1 aromatic carbocycles. The van der Waals surface area contributed by atoms with E-state index < -0.39 is 0 Å². The Bertz CT molecular complexity index is 665. The molecule has 0 unspecified atom stereocenters. The van der Waals surface area contributed by atoms with Crippen LogP contribution in [-0.2, 0) is 6.54 Å². The molecule has 0 radical (unpaired) electrons. The maximum Gasteiger partial charge on any atom is 0.178 e. The van der Waals surface area contributed by atoms with Gasteiger partial charge in [0.1, 0.15) is 5.75 Å². The van der Waals surface area contributed by atoms with E-state index in [1.807, 2.05) is 12.1 Å². The molecule has 1 heterocycles. The molecule has 108 valence electrons. The molecule has 0 aliphatic heterocycles. The van der Waals surface area contributed by atoms with Crippen LogP contribution in [-0.4, -0.2) is 16.7 Å². The lowest BCUT2D eigenvalue weighted by Crippen LogP contribution is -2.26. The molecule has 0 spiro atoms. The third-order valence-corrected chi connectivity index (χ3v) is 4.91. The molecule has 0 bridgehead atoms. The van der Waals surface area contributed by atoms with Crippen molar-refractivity contribution in [2.24, 2.45) is 5.41 Å². The van der Waals surface area contributed by atoms with Crippen LogP contribution in [0.5, 0.6) is 5.75 Å². The Labute approximate surface area is 125 Å². The lowest BCUT2D eigenvalue weighted by molar-refractivity contribution is 0.184. The zero-order valence-corrected chi connectivity index (χ0v) is 13.1. The van der Waals surface area contributed by atoms with Gasteiger partial charge in [-0.05, 0) is 42.6 Å². The SMILES string of the molecule is COc1ccc2[nH]c(=S)n(CC3(C)CCCCC3)c2c1. The van der Waals surface area contributed by atoms with Gasteiger partial charge < -0.3 is 14.3 Å². The first kappa shape index (κ1) is 13.7. The number of aromatic amines is 1. The number of imidazole rings is 1. The summed E-state index contributed by atoms with van der Waals surface area (Å²) in [4.78, 5) is 3.31. The fraction of sp³-hybridized carbons (Fsp3) is 0.562. The fourth-order valence-electron chi connectivity index (χ4n) is 3.36. The van der Waals surface area contributed by atoms with E-state index in [1.54, 1.807) is 7.11 Å². The number of ether oxygens (including phenoxy) is 1. The van der Waals surface area contributed by atoms with Gasteiger partial charge in [-0.2, -0.15) is 0 Å². The first-order valence-corrected chi connectivity index (χ1v) is 7.79. The summed E-state index contributed by atoms with van der Waals surface area (Å²) in [6.07, 6.45) is 6.66. The first-order valence-electron chi connectivity index (χ1n) is 7.38. The van der Waals surface area contributed by atoms with Crippen molar-refractivity contribution in [3.8, 4) is 5.75 Å². The summed E-state index contributed by atoms with van der Waals surface area (Å²) in [6, 6.07) is 6.09. The van der Waals surface area contributed by atoms with Crippen LogP contribution >= 0.6 is 12.2 Å². The van der Waals surface area contributed by atoms with Gasteiger partial charge in [0, 0.05) is 12.6 Å². The van der Waals surface area contributed by atoms with Gasteiger partial charge in [-0.3, -0.25) is 0 Å². The van der Waals surface area contributed by atoms with Crippen molar-refractivity contribution in [2.45, 2.75) is 45.6 Å². The van der Waals surface area contributed by atoms with Crippen LogP contribution < -0.4 is 4.74 Å². The maximum absolute atomic E-state index is 5.52. The van der Waals surface area contributed by atoms with Crippen molar-refractivity contribution in [1.82, 2.24) is 9.55 Å². The number of benzene rings is 1. The van der Waals surface area contributed by atoms with E-state index in [0.717, 1.165) is 28.1 Å². The molecule has 1 aliphatic carbocycles. The second kappa shape index (κ2) is 5.24. The fourth-order valence-corrected chi connectivity index (χ4v) is 3.63. The van der Waals surface area contributed by atoms with Gasteiger partial charge in [0.05, 0.1) is 18.1 Å². The number of hydrogen-bond acceptors (Lipinski definition) is 2. The number of fused-ring (bicyclic) bond motifs is 1. The number of nitrogens with zero attached hydrogens (tertiary/aromatic N) is 1. The predicted molar refractivity (Wildman–Crippen MR) is 84.9 cm³/mol. The van der Waals surface area contributed by atoms with Crippen LogP contribution in [0.4, 0.5) is 0 Å². The van der Waals surface area contributed by atoms with Crippen molar-refractivity contribution >= 4 is 23.3 Å². The van der Waals surface area contributed by atoms with Gasteiger partial charge in [0.15, 0.2) is 4.77 Å². The lowest BCUT2D eigenvalue weighted by Gasteiger charge is -2.34. The van der Waals surface area contributed by atoms with E-state index in [4.69, 9.17) is 17.0 Å². The first-order chi connectivity index (χ1) is 9.61. The molecule has 20 heavy (non-hydrogen) atoms. The van der Waals surface area contributed by atoms with E-state index >= 15 is 0 Å². The molecular weight excluding hydrogens is 268 g/mol. The molecule has 0 saturated heterocycles. The molecule has 1 aromatic heterocycles. The normalized spacial score (nSPS) is 18.3.